The Labute approximate surface area is 110 Å². The Kier molecular flexibility index (Phi) is 6.35. The molecule has 1 aromatic rings. The Morgan fingerprint density at radius 3 is 2.18 bits per heavy atom. The SMILES string of the molecule is COc1ccc(OC)c(CC[N+](C)(C)C)c1.[Cl-]. The summed E-state index contributed by atoms with van der Waals surface area (Å²) in [6.07, 6.45) is 0.990. The molecule has 0 heterocycles. The minimum atomic E-state index is 0. The van der Waals surface area contributed by atoms with Gasteiger partial charge in [0.25, 0.3) is 0 Å². The molecule has 0 saturated heterocycles. The second kappa shape index (κ2) is 6.72. The first-order valence-corrected chi connectivity index (χ1v) is 5.47. The summed E-state index contributed by atoms with van der Waals surface area (Å²) in [6.45, 7) is 1.07. The molecule has 0 bridgehead atoms. The summed E-state index contributed by atoms with van der Waals surface area (Å²) < 4.78 is 11.5. The fraction of sp³-hybridized carbons (Fsp3) is 0.538. The number of hydrogen-bond donors (Lipinski definition) is 0. The van der Waals surface area contributed by atoms with E-state index in [1.54, 1.807) is 14.2 Å². The topological polar surface area (TPSA) is 18.5 Å². The third-order valence-electron chi connectivity index (χ3n) is 2.54. The maximum atomic E-state index is 5.35. The van der Waals surface area contributed by atoms with Crippen LogP contribution in [0.1, 0.15) is 5.56 Å². The zero-order chi connectivity index (χ0) is 12.2. The number of ether oxygens (including phenoxy) is 2. The van der Waals surface area contributed by atoms with Crippen LogP contribution in [0.4, 0.5) is 0 Å². The van der Waals surface area contributed by atoms with E-state index in [4.69, 9.17) is 9.47 Å². The van der Waals surface area contributed by atoms with Crippen LogP contribution in [0.3, 0.4) is 0 Å². The lowest BCUT2D eigenvalue weighted by Crippen LogP contribution is -3.00. The Morgan fingerprint density at radius 1 is 1.06 bits per heavy atom. The Bertz CT molecular complexity index is 348. The molecule has 0 radical (unpaired) electrons. The summed E-state index contributed by atoms with van der Waals surface area (Å²) >= 11 is 0. The van der Waals surface area contributed by atoms with Gasteiger partial charge in [-0.2, -0.15) is 0 Å². The van der Waals surface area contributed by atoms with Crippen molar-refractivity contribution in [3.8, 4) is 11.5 Å². The molecule has 98 valence electrons. The van der Waals surface area contributed by atoms with Crippen molar-refractivity contribution in [2.24, 2.45) is 0 Å². The fourth-order valence-corrected chi connectivity index (χ4v) is 1.53. The van der Waals surface area contributed by atoms with Crippen LogP contribution in [-0.2, 0) is 6.42 Å². The van der Waals surface area contributed by atoms with Crippen LogP contribution in [0.2, 0.25) is 0 Å². The first kappa shape index (κ1) is 16.1. The largest absolute Gasteiger partial charge is 1.00 e. The molecule has 0 N–H and O–H groups in total. The summed E-state index contributed by atoms with van der Waals surface area (Å²) in [7, 11) is 9.95. The van der Waals surface area contributed by atoms with Crippen molar-refractivity contribution in [1.29, 1.82) is 0 Å². The molecule has 0 aromatic heterocycles. The molecular weight excluding hydrogens is 238 g/mol. The van der Waals surface area contributed by atoms with E-state index in [1.807, 2.05) is 12.1 Å². The standard InChI is InChI=1S/C13H22NO2.ClH/c1-14(2,3)9-8-11-10-12(15-4)6-7-13(11)16-5;/h6-7,10H,8-9H2,1-5H3;1H/q+1;/p-1. The smallest absolute Gasteiger partial charge is 0.122 e. The Balaban J connectivity index is 0.00000256. The molecule has 3 nitrogen and oxygen atoms in total. The number of methoxy groups -OCH3 is 2. The van der Waals surface area contributed by atoms with E-state index < -0.39 is 0 Å². The number of quaternary nitrogens is 1. The summed E-state index contributed by atoms with van der Waals surface area (Å²) in [4.78, 5) is 0. The van der Waals surface area contributed by atoms with Gasteiger partial charge in [0.05, 0.1) is 41.9 Å². The second-order valence-corrected chi connectivity index (χ2v) is 4.94. The maximum Gasteiger partial charge on any atom is 0.122 e. The molecule has 17 heavy (non-hydrogen) atoms. The first-order chi connectivity index (χ1) is 7.46. The summed E-state index contributed by atoms with van der Waals surface area (Å²) in [6, 6.07) is 5.94. The van der Waals surface area contributed by atoms with E-state index >= 15 is 0 Å². The van der Waals surface area contributed by atoms with Crippen molar-refractivity contribution in [3.05, 3.63) is 23.8 Å². The summed E-state index contributed by atoms with van der Waals surface area (Å²) in [5.74, 6) is 1.83. The van der Waals surface area contributed by atoms with Crippen molar-refractivity contribution in [2.75, 3.05) is 41.9 Å². The lowest BCUT2D eigenvalue weighted by molar-refractivity contribution is -0.870. The molecule has 0 unspecified atom stereocenters. The molecule has 0 fully saturated rings. The highest BCUT2D eigenvalue weighted by Crippen LogP contribution is 2.24. The minimum Gasteiger partial charge on any atom is -1.00 e. The molecule has 1 aromatic carbocycles. The van der Waals surface area contributed by atoms with E-state index in [2.05, 4.69) is 27.2 Å². The van der Waals surface area contributed by atoms with Crippen molar-refractivity contribution >= 4 is 0 Å². The van der Waals surface area contributed by atoms with Gasteiger partial charge in [-0.15, -0.1) is 0 Å². The van der Waals surface area contributed by atoms with Crippen LogP contribution < -0.4 is 21.9 Å². The van der Waals surface area contributed by atoms with Gasteiger partial charge in [-0.25, -0.2) is 0 Å². The predicted octanol–water partition coefficient (Wildman–Crippen LogP) is -1.04. The molecule has 0 aliphatic rings. The van der Waals surface area contributed by atoms with Crippen molar-refractivity contribution < 1.29 is 26.4 Å². The molecule has 0 aliphatic heterocycles. The van der Waals surface area contributed by atoms with Gasteiger partial charge in [0.15, 0.2) is 0 Å². The highest BCUT2D eigenvalue weighted by Gasteiger charge is 2.11. The zero-order valence-electron chi connectivity index (χ0n) is 11.3. The molecule has 4 heteroatoms. The van der Waals surface area contributed by atoms with Gasteiger partial charge in [-0.05, 0) is 18.2 Å². The van der Waals surface area contributed by atoms with Gasteiger partial charge < -0.3 is 26.4 Å². The zero-order valence-corrected chi connectivity index (χ0v) is 12.0. The third-order valence-corrected chi connectivity index (χ3v) is 2.54. The highest BCUT2D eigenvalue weighted by molar-refractivity contribution is 5.40. The summed E-state index contributed by atoms with van der Waals surface area (Å²) in [5.41, 5.74) is 1.20. The van der Waals surface area contributed by atoms with Crippen LogP contribution in [0, 0.1) is 0 Å². The number of likely N-dealkylation sites (N-methyl/N-ethyl adjacent to an activating group) is 1. The molecular formula is C13H22ClNO2. The number of hydrogen-bond acceptors (Lipinski definition) is 2. The lowest BCUT2D eigenvalue weighted by atomic mass is 10.1. The quantitative estimate of drug-likeness (QED) is 0.629. The van der Waals surface area contributed by atoms with Crippen LogP contribution >= 0.6 is 0 Å². The van der Waals surface area contributed by atoms with Crippen molar-refractivity contribution in [2.45, 2.75) is 6.42 Å². The van der Waals surface area contributed by atoms with Crippen molar-refractivity contribution in [1.82, 2.24) is 0 Å². The van der Waals surface area contributed by atoms with Gasteiger partial charge in [0.1, 0.15) is 11.5 Å². The number of rotatable bonds is 5. The van der Waals surface area contributed by atoms with Gasteiger partial charge in [0, 0.05) is 12.0 Å². The van der Waals surface area contributed by atoms with Gasteiger partial charge in [-0.1, -0.05) is 0 Å². The van der Waals surface area contributed by atoms with Crippen LogP contribution in [0.25, 0.3) is 0 Å². The normalized spacial score (nSPS) is 10.6. The average Bonchev–Trinajstić information content (AvgIpc) is 2.25. The molecule has 0 aliphatic carbocycles. The van der Waals surface area contributed by atoms with E-state index in [-0.39, 0.29) is 12.4 Å². The average molecular weight is 260 g/mol. The predicted molar refractivity (Wildman–Crippen MR) is 66.1 cm³/mol. The van der Waals surface area contributed by atoms with E-state index in [9.17, 15) is 0 Å². The minimum absolute atomic E-state index is 0. The van der Waals surface area contributed by atoms with Gasteiger partial charge >= 0.3 is 0 Å². The number of nitrogens with zero attached hydrogens (tertiary/aromatic N) is 1. The van der Waals surface area contributed by atoms with E-state index in [0.717, 1.165) is 28.9 Å². The Morgan fingerprint density at radius 2 is 1.71 bits per heavy atom. The van der Waals surface area contributed by atoms with Crippen LogP contribution in [-0.4, -0.2) is 46.4 Å². The van der Waals surface area contributed by atoms with E-state index in [0.29, 0.717) is 0 Å². The van der Waals surface area contributed by atoms with Crippen LogP contribution in [0.15, 0.2) is 18.2 Å². The molecule has 0 spiro atoms. The lowest BCUT2D eigenvalue weighted by Gasteiger charge is -2.24. The van der Waals surface area contributed by atoms with Crippen LogP contribution in [0.5, 0.6) is 11.5 Å². The highest BCUT2D eigenvalue weighted by atomic mass is 35.5. The van der Waals surface area contributed by atoms with Crippen molar-refractivity contribution in [3.63, 3.8) is 0 Å². The fourth-order valence-electron chi connectivity index (χ4n) is 1.53. The monoisotopic (exact) mass is 259 g/mol. The Hall–Kier alpha value is -0.930. The molecule has 0 saturated carbocycles. The van der Waals surface area contributed by atoms with Gasteiger partial charge in [0.2, 0.25) is 0 Å². The number of benzene rings is 1. The number of halogens is 1. The molecule has 0 atom stereocenters. The first-order valence-electron chi connectivity index (χ1n) is 5.47. The summed E-state index contributed by atoms with van der Waals surface area (Å²) in [5, 5.41) is 0. The molecule has 1 rings (SSSR count). The maximum absolute atomic E-state index is 5.35. The van der Waals surface area contributed by atoms with E-state index in [1.165, 1.54) is 5.56 Å². The second-order valence-electron chi connectivity index (χ2n) is 4.94. The third kappa shape index (κ3) is 5.29. The molecule has 0 amide bonds. The van der Waals surface area contributed by atoms with Gasteiger partial charge in [-0.3, -0.25) is 0 Å².